The van der Waals surface area contributed by atoms with E-state index in [-0.39, 0.29) is 17.3 Å². The Hall–Kier alpha value is -4.83. The highest BCUT2D eigenvalue weighted by Crippen LogP contribution is 2.48. The number of benzene rings is 3. The summed E-state index contributed by atoms with van der Waals surface area (Å²) in [7, 11) is 0. The number of rotatable bonds is 16. The highest BCUT2D eigenvalue weighted by Gasteiger charge is 2.37. The monoisotopic (exact) mass is 815 g/mol. The van der Waals surface area contributed by atoms with Crippen molar-refractivity contribution in [2.24, 2.45) is 0 Å². The summed E-state index contributed by atoms with van der Waals surface area (Å²) in [5.41, 5.74) is 7.53. The van der Waals surface area contributed by atoms with E-state index in [1.54, 1.807) is 34.9 Å². The first-order valence-corrected chi connectivity index (χ1v) is 22.2. The number of nitrogens with one attached hydrogen (secondary N) is 1. The minimum atomic E-state index is -0.172. The van der Waals surface area contributed by atoms with Crippen molar-refractivity contribution in [1.82, 2.24) is 14.1 Å². The van der Waals surface area contributed by atoms with Crippen LogP contribution in [0.3, 0.4) is 0 Å². The highest BCUT2D eigenvalue weighted by molar-refractivity contribution is 8.03. The molecule has 9 nitrogen and oxygen atoms in total. The smallest absolute Gasteiger partial charge is 0.263 e. The lowest BCUT2D eigenvalue weighted by atomic mass is 9.77. The summed E-state index contributed by atoms with van der Waals surface area (Å²) in [6, 6.07) is 20.5. The Labute approximate surface area is 343 Å². The Morgan fingerprint density at radius 2 is 1.88 bits per heavy atom. The molecule has 1 amide bonds. The number of carbonyl (C=O) groups is 2. The van der Waals surface area contributed by atoms with Crippen molar-refractivity contribution >= 4 is 97.2 Å². The summed E-state index contributed by atoms with van der Waals surface area (Å²) < 4.78 is 12.2. The summed E-state index contributed by atoms with van der Waals surface area (Å²) in [5.74, 6) is 2.59. The predicted octanol–water partition coefficient (Wildman–Crippen LogP) is 9.35. The van der Waals surface area contributed by atoms with E-state index in [0.717, 1.165) is 91.0 Å². The zero-order chi connectivity index (χ0) is 39.2. The number of anilines is 1. The molecule has 0 spiro atoms. The number of fused-ring (bicyclic) bond motifs is 3. The molecule has 0 unspecified atom stereocenters. The van der Waals surface area contributed by atoms with Crippen molar-refractivity contribution in [1.29, 1.82) is 5.26 Å². The van der Waals surface area contributed by atoms with Gasteiger partial charge in [0.15, 0.2) is 12.3 Å². The number of nitrogens with zero attached hydrogens (tertiary/aromatic N) is 6. The van der Waals surface area contributed by atoms with Gasteiger partial charge in [0, 0.05) is 70.3 Å². The van der Waals surface area contributed by atoms with Gasteiger partial charge in [0.05, 0.1) is 28.0 Å². The number of thiazole rings is 1. The van der Waals surface area contributed by atoms with Gasteiger partial charge in [-0.1, -0.05) is 67.6 Å². The molecule has 2 aliphatic rings. The van der Waals surface area contributed by atoms with Gasteiger partial charge in [-0.05, 0) is 67.7 Å². The summed E-state index contributed by atoms with van der Waals surface area (Å²) >= 11 is 6.12. The van der Waals surface area contributed by atoms with Gasteiger partial charge in [0.25, 0.3) is 5.01 Å². The molecule has 0 radical (unpaired) electrons. The zero-order valence-electron chi connectivity index (χ0n) is 31.6. The number of thioether (sulfide) groups is 2. The van der Waals surface area contributed by atoms with Crippen LogP contribution in [-0.4, -0.2) is 45.1 Å². The van der Waals surface area contributed by atoms with E-state index in [9.17, 15) is 20.3 Å². The fraction of sp³-hybridized carbons (Fsp3) is 0.302. The number of amides is 1. The first-order chi connectivity index (χ1) is 27.4. The molecular formula is C43H41N7O2S4. The lowest BCUT2D eigenvalue weighted by Gasteiger charge is -2.25. The first kappa shape index (κ1) is 39.4. The van der Waals surface area contributed by atoms with Gasteiger partial charge < -0.3 is 15.6 Å². The van der Waals surface area contributed by atoms with Gasteiger partial charge >= 0.3 is 0 Å². The lowest BCUT2D eigenvalue weighted by Crippen LogP contribution is -2.36. The average Bonchev–Trinajstić information content (AvgIpc) is 3.94. The molecule has 13 heteroatoms. The minimum Gasteiger partial charge on any atom is -0.762 e. The number of nitriles is 1. The number of carbonyl (C=O) groups excluding carboxylic acids is 2. The van der Waals surface area contributed by atoms with Crippen LogP contribution in [-0.2, 0) is 22.6 Å². The highest BCUT2D eigenvalue weighted by atomic mass is 32.2. The quantitative estimate of drug-likeness (QED) is 0.0261. The molecule has 0 fully saturated rings. The minimum absolute atomic E-state index is 0.0327. The largest absolute Gasteiger partial charge is 0.762 e. The second-order valence-electron chi connectivity index (χ2n) is 13.5. The van der Waals surface area contributed by atoms with E-state index in [4.69, 9.17) is 0 Å². The van der Waals surface area contributed by atoms with E-state index in [1.165, 1.54) is 17.3 Å². The molecule has 0 bridgehead atoms. The molecule has 0 saturated carbocycles. The summed E-state index contributed by atoms with van der Waals surface area (Å²) in [6.07, 6.45) is 8.64. The summed E-state index contributed by atoms with van der Waals surface area (Å²) in [6.45, 7) is 8.41. The molecule has 1 aliphatic heterocycles. The molecule has 0 atom stereocenters. The topological polar surface area (TPSA) is 125 Å². The van der Waals surface area contributed by atoms with E-state index in [2.05, 4.69) is 86.6 Å². The molecule has 2 aromatic heterocycles. The number of hydrogen-bond donors (Lipinski definition) is 1. The molecular weight excluding hydrogens is 775 g/mol. The van der Waals surface area contributed by atoms with Crippen molar-refractivity contribution in [3.05, 3.63) is 110 Å². The molecule has 5 aromatic rings. The van der Waals surface area contributed by atoms with Gasteiger partial charge in [0.2, 0.25) is 11.4 Å². The van der Waals surface area contributed by atoms with Crippen molar-refractivity contribution in [2.45, 2.75) is 75.6 Å². The maximum atomic E-state index is 13.9. The van der Waals surface area contributed by atoms with Crippen LogP contribution in [0.4, 0.5) is 5.69 Å². The zero-order valence-corrected chi connectivity index (χ0v) is 34.8. The fourth-order valence-electron chi connectivity index (χ4n) is 6.96. The van der Waals surface area contributed by atoms with Crippen LogP contribution in [0, 0.1) is 18.3 Å². The Balaban J connectivity index is 1.03. The standard InChI is InChI=1S/C43H41N7O2S4/c1-4-6-19-49-32-13-7-9-15-34(32)54-38(49)23-30-40(29(25-44)26-45)31(43(30)52)24-39-50(33-14-8-10-16-35(33)55-39)20-12-11-18-46-37(51)17-21-53-36-22-28(5-2)42-41(27(36)3)47-56-48-42/h7-10,13-16,22-24H,4-6,11-12,17-21H2,1-3H3,(H,46,51). The van der Waals surface area contributed by atoms with Gasteiger partial charge in [-0.15, -0.1) is 11.8 Å². The Bertz CT molecular complexity index is 2530. The van der Waals surface area contributed by atoms with Crippen LogP contribution in [0.2, 0.25) is 0 Å². The van der Waals surface area contributed by atoms with Crippen molar-refractivity contribution in [3.8, 4) is 6.07 Å². The van der Waals surface area contributed by atoms with Crippen molar-refractivity contribution in [2.75, 3.05) is 23.7 Å². The molecule has 1 N–H and O–H groups in total. The number of para-hydroxylation sites is 2. The summed E-state index contributed by atoms with van der Waals surface area (Å²) in [4.78, 5) is 31.2. The number of Topliss-reactive ketones (excluding diaryl/α,β-unsaturated/α-hetero) is 1. The number of unbranched alkanes of at least 4 members (excludes halogenated alkanes) is 2. The second kappa shape index (κ2) is 18.0. The molecule has 56 heavy (non-hydrogen) atoms. The average molecular weight is 816 g/mol. The maximum absolute atomic E-state index is 13.9. The van der Waals surface area contributed by atoms with Gasteiger partial charge in [-0.3, -0.25) is 9.59 Å². The third kappa shape index (κ3) is 8.03. The van der Waals surface area contributed by atoms with Crippen LogP contribution >= 0.6 is 46.6 Å². The predicted molar refractivity (Wildman–Crippen MR) is 231 cm³/mol. The Morgan fingerprint density at radius 3 is 2.68 bits per heavy atom. The summed E-state index contributed by atoms with van der Waals surface area (Å²) in [5, 5.41) is 24.9. The van der Waals surface area contributed by atoms with Gasteiger partial charge in [0.1, 0.15) is 21.8 Å². The van der Waals surface area contributed by atoms with Crippen LogP contribution in [0.1, 0.15) is 62.1 Å². The van der Waals surface area contributed by atoms with Gasteiger partial charge in [-0.2, -0.15) is 18.6 Å². The molecule has 284 valence electrons. The maximum Gasteiger partial charge on any atom is 0.263 e. The molecule has 0 saturated heterocycles. The van der Waals surface area contributed by atoms with E-state index >= 15 is 0 Å². The normalized spacial score (nSPS) is 15.1. The van der Waals surface area contributed by atoms with Crippen LogP contribution in [0.25, 0.3) is 32.7 Å². The first-order valence-electron chi connectivity index (χ1n) is 18.9. The molecule has 3 heterocycles. The fourth-order valence-corrected chi connectivity index (χ4v) is 10.9. The lowest BCUT2D eigenvalue weighted by molar-refractivity contribution is -0.669. The van der Waals surface area contributed by atoms with Crippen LogP contribution in [0.5, 0.6) is 0 Å². The number of aryl methyl sites for hydroxylation is 3. The Kier molecular flexibility index (Phi) is 12.6. The van der Waals surface area contributed by atoms with E-state index in [0.29, 0.717) is 42.0 Å². The van der Waals surface area contributed by atoms with Crippen LogP contribution in [0.15, 0.2) is 97.8 Å². The number of aromatic nitrogens is 3. The third-order valence-corrected chi connectivity index (χ3v) is 13.9. The Morgan fingerprint density at radius 1 is 1.07 bits per heavy atom. The van der Waals surface area contributed by atoms with Crippen molar-refractivity contribution in [3.63, 3.8) is 0 Å². The van der Waals surface area contributed by atoms with Crippen LogP contribution < -0.4 is 14.8 Å². The third-order valence-electron chi connectivity index (χ3n) is 9.97. The van der Waals surface area contributed by atoms with E-state index in [1.807, 2.05) is 36.4 Å². The van der Waals surface area contributed by atoms with Crippen molar-refractivity contribution < 1.29 is 14.2 Å². The number of allylic oxidation sites excluding steroid dienone is 5. The van der Waals surface area contributed by atoms with Gasteiger partial charge in [-0.25, -0.2) is 5.87 Å². The second-order valence-corrected chi connectivity index (χ2v) is 17.3. The number of hydrogen-bond acceptors (Lipinski definition) is 10. The molecule has 7 rings (SSSR count). The molecule has 3 aromatic carbocycles. The number of ketones is 1. The SMILES string of the molecule is CCCCN1/C(=C/C2=C(C(=C=[N-])C#N)C(=C\c3sc4ccccc4[n+]3CCCCNC(=O)CCSc3cc(CC)c4nsnc4c3C)/C2=O)Sc2ccccc21. The molecule has 1 aliphatic carbocycles. The van der Waals surface area contributed by atoms with E-state index < -0.39 is 0 Å².